The van der Waals surface area contributed by atoms with Crippen LogP contribution in [0.25, 0.3) is 0 Å². The number of anilines is 1. The molecule has 1 heterocycles. The van der Waals surface area contributed by atoms with Crippen LogP contribution < -0.4 is 10.6 Å². The van der Waals surface area contributed by atoms with Crippen molar-refractivity contribution in [3.63, 3.8) is 0 Å². The van der Waals surface area contributed by atoms with Crippen molar-refractivity contribution in [3.05, 3.63) is 47.8 Å². The van der Waals surface area contributed by atoms with E-state index >= 15 is 0 Å². The molecule has 4 nitrogen and oxygen atoms in total. The second kappa shape index (κ2) is 5.69. The average Bonchev–Trinajstić information content (AvgIpc) is 2.76. The summed E-state index contributed by atoms with van der Waals surface area (Å²) in [6.07, 6.45) is 4.88. The number of hydrogen-bond acceptors (Lipinski definition) is 3. The van der Waals surface area contributed by atoms with Crippen LogP contribution in [-0.4, -0.2) is 23.4 Å². The lowest BCUT2D eigenvalue weighted by Crippen LogP contribution is -2.16. The van der Waals surface area contributed by atoms with Crippen LogP contribution in [0.1, 0.15) is 11.1 Å². The molecule has 0 bridgehead atoms. The summed E-state index contributed by atoms with van der Waals surface area (Å²) in [5.74, 6) is 0. The fraction of sp³-hybridized carbons (Fsp3) is 0.357. The van der Waals surface area contributed by atoms with Crippen molar-refractivity contribution in [2.24, 2.45) is 12.8 Å². The number of nitrogens with two attached hydrogens (primary N) is 1. The van der Waals surface area contributed by atoms with Crippen molar-refractivity contribution >= 4 is 5.69 Å². The van der Waals surface area contributed by atoms with E-state index in [0.717, 1.165) is 13.0 Å². The van der Waals surface area contributed by atoms with Gasteiger partial charge in [0, 0.05) is 38.1 Å². The van der Waals surface area contributed by atoms with E-state index in [2.05, 4.69) is 41.3 Å². The predicted octanol–water partition coefficient (Wildman–Crippen LogP) is 1.56. The van der Waals surface area contributed by atoms with Gasteiger partial charge in [-0.15, -0.1) is 0 Å². The molecule has 0 aliphatic heterocycles. The Morgan fingerprint density at radius 3 is 2.50 bits per heavy atom. The minimum absolute atomic E-state index is 0.699. The number of benzene rings is 1. The van der Waals surface area contributed by atoms with E-state index in [1.54, 1.807) is 0 Å². The minimum atomic E-state index is 0.699. The molecule has 0 spiro atoms. The Bertz CT molecular complexity index is 487. The molecule has 1 aromatic heterocycles. The molecule has 1 aromatic carbocycles. The molecule has 96 valence electrons. The Hall–Kier alpha value is -1.81. The maximum Gasteiger partial charge on any atom is 0.0539 e. The molecular weight excluding hydrogens is 224 g/mol. The Balaban J connectivity index is 2.02. The lowest BCUT2D eigenvalue weighted by Gasteiger charge is -2.18. The third-order valence-corrected chi connectivity index (χ3v) is 2.99. The molecule has 0 aliphatic rings. The molecule has 0 aliphatic carbocycles. The first kappa shape index (κ1) is 12.6. The Morgan fingerprint density at radius 1 is 1.22 bits per heavy atom. The Morgan fingerprint density at radius 2 is 1.94 bits per heavy atom. The maximum atomic E-state index is 5.54. The van der Waals surface area contributed by atoms with Gasteiger partial charge in [-0.05, 0) is 30.7 Å². The smallest absolute Gasteiger partial charge is 0.0539 e. The number of aryl methyl sites for hydroxylation is 1. The summed E-state index contributed by atoms with van der Waals surface area (Å²) in [6.45, 7) is 1.56. The molecule has 4 heteroatoms. The fourth-order valence-corrected chi connectivity index (χ4v) is 2.00. The second-order valence-corrected chi connectivity index (χ2v) is 4.58. The van der Waals surface area contributed by atoms with Crippen LogP contribution in [0.3, 0.4) is 0 Å². The summed E-state index contributed by atoms with van der Waals surface area (Å²) >= 11 is 0. The normalized spacial score (nSPS) is 10.6. The third kappa shape index (κ3) is 3.11. The van der Waals surface area contributed by atoms with Gasteiger partial charge in [0.2, 0.25) is 0 Å². The zero-order valence-corrected chi connectivity index (χ0v) is 11.0. The van der Waals surface area contributed by atoms with Crippen LogP contribution >= 0.6 is 0 Å². The van der Waals surface area contributed by atoms with Gasteiger partial charge in [-0.1, -0.05) is 12.1 Å². The Kier molecular flexibility index (Phi) is 3.99. The van der Waals surface area contributed by atoms with Crippen LogP contribution in [0.5, 0.6) is 0 Å². The van der Waals surface area contributed by atoms with Gasteiger partial charge in [0.25, 0.3) is 0 Å². The summed E-state index contributed by atoms with van der Waals surface area (Å²) < 4.78 is 1.83. The monoisotopic (exact) mass is 244 g/mol. The van der Waals surface area contributed by atoms with Crippen molar-refractivity contribution < 1.29 is 0 Å². The van der Waals surface area contributed by atoms with Crippen LogP contribution in [0, 0.1) is 0 Å². The van der Waals surface area contributed by atoms with Gasteiger partial charge in [-0.2, -0.15) is 5.10 Å². The van der Waals surface area contributed by atoms with Gasteiger partial charge in [-0.25, -0.2) is 0 Å². The molecular formula is C14H20N4. The van der Waals surface area contributed by atoms with Crippen LogP contribution in [0.2, 0.25) is 0 Å². The quantitative estimate of drug-likeness (QED) is 0.868. The maximum absolute atomic E-state index is 5.54. The van der Waals surface area contributed by atoms with Crippen LogP contribution in [0.4, 0.5) is 5.69 Å². The molecule has 18 heavy (non-hydrogen) atoms. The fourth-order valence-electron chi connectivity index (χ4n) is 2.00. The molecule has 0 saturated heterocycles. The van der Waals surface area contributed by atoms with Gasteiger partial charge in [-0.3, -0.25) is 4.68 Å². The lowest BCUT2D eigenvalue weighted by atomic mass is 10.1. The lowest BCUT2D eigenvalue weighted by molar-refractivity contribution is 0.766. The van der Waals surface area contributed by atoms with E-state index in [1.807, 2.05) is 24.1 Å². The average molecular weight is 244 g/mol. The van der Waals surface area contributed by atoms with Crippen molar-refractivity contribution in [2.75, 3.05) is 18.5 Å². The van der Waals surface area contributed by atoms with Gasteiger partial charge >= 0.3 is 0 Å². The summed E-state index contributed by atoms with van der Waals surface area (Å²) in [6, 6.07) is 8.56. The first-order valence-corrected chi connectivity index (χ1v) is 6.16. The standard InChI is InChI=1S/C14H20N4/c1-17(10-13-9-16-18(2)11-13)14-5-3-12(4-6-14)7-8-15/h3-6,9,11H,7-8,10,15H2,1-2H3. The Labute approximate surface area is 108 Å². The molecule has 2 aromatic rings. The van der Waals surface area contributed by atoms with Crippen molar-refractivity contribution in [3.8, 4) is 0 Å². The van der Waals surface area contributed by atoms with Gasteiger partial charge in [0.05, 0.1) is 6.20 Å². The highest BCUT2D eigenvalue weighted by Crippen LogP contribution is 2.16. The highest BCUT2D eigenvalue weighted by Gasteiger charge is 2.03. The zero-order chi connectivity index (χ0) is 13.0. The van der Waals surface area contributed by atoms with E-state index in [-0.39, 0.29) is 0 Å². The van der Waals surface area contributed by atoms with E-state index in [0.29, 0.717) is 6.54 Å². The predicted molar refractivity (Wildman–Crippen MR) is 74.5 cm³/mol. The first-order valence-electron chi connectivity index (χ1n) is 6.16. The number of nitrogens with zero attached hydrogens (tertiary/aromatic N) is 3. The summed E-state index contributed by atoms with van der Waals surface area (Å²) in [7, 11) is 4.02. The van der Waals surface area contributed by atoms with Crippen LogP contribution in [0.15, 0.2) is 36.7 Å². The largest absolute Gasteiger partial charge is 0.370 e. The van der Waals surface area contributed by atoms with Gasteiger partial charge in [0.15, 0.2) is 0 Å². The van der Waals surface area contributed by atoms with Gasteiger partial charge < -0.3 is 10.6 Å². The number of hydrogen-bond donors (Lipinski definition) is 1. The number of rotatable bonds is 5. The molecule has 0 amide bonds. The molecule has 2 rings (SSSR count). The molecule has 0 fully saturated rings. The molecule has 0 saturated carbocycles. The van der Waals surface area contributed by atoms with E-state index in [1.165, 1.54) is 16.8 Å². The van der Waals surface area contributed by atoms with Crippen molar-refractivity contribution in [1.82, 2.24) is 9.78 Å². The van der Waals surface area contributed by atoms with Crippen LogP contribution in [-0.2, 0) is 20.0 Å². The molecule has 2 N–H and O–H groups in total. The summed E-state index contributed by atoms with van der Waals surface area (Å²) in [4.78, 5) is 2.21. The topological polar surface area (TPSA) is 47.1 Å². The van der Waals surface area contributed by atoms with E-state index in [4.69, 9.17) is 5.73 Å². The third-order valence-electron chi connectivity index (χ3n) is 2.99. The first-order chi connectivity index (χ1) is 8.69. The zero-order valence-electron chi connectivity index (χ0n) is 11.0. The molecule has 0 atom stereocenters. The SMILES string of the molecule is CN(Cc1cnn(C)c1)c1ccc(CCN)cc1. The molecule has 0 radical (unpaired) electrons. The highest BCUT2D eigenvalue weighted by molar-refractivity contribution is 5.47. The van der Waals surface area contributed by atoms with Crippen molar-refractivity contribution in [1.29, 1.82) is 0 Å². The van der Waals surface area contributed by atoms with E-state index in [9.17, 15) is 0 Å². The second-order valence-electron chi connectivity index (χ2n) is 4.58. The highest BCUT2D eigenvalue weighted by atomic mass is 15.2. The minimum Gasteiger partial charge on any atom is -0.370 e. The van der Waals surface area contributed by atoms with E-state index < -0.39 is 0 Å². The number of aromatic nitrogens is 2. The van der Waals surface area contributed by atoms with Gasteiger partial charge in [0.1, 0.15) is 0 Å². The summed E-state index contributed by atoms with van der Waals surface area (Å²) in [5.41, 5.74) is 9.25. The van der Waals surface area contributed by atoms with Crippen molar-refractivity contribution in [2.45, 2.75) is 13.0 Å². The molecule has 0 unspecified atom stereocenters. The summed E-state index contributed by atoms with van der Waals surface area (Å²) in [5, 5.41) is 4.18.